The summed E-state index contributed by atoms with van der Waals surface area (Å²) in [5.74, 6) is 1.95. The van der Waals surface area contributed by atoms with E-state index in [1.165, 1.54) is 58.2 Å². The highest BCUT2D eigenvalue weighted by molar-refractivity contribution is 4.86. The Labute approximate surface area is 114 Å². The van der Waals surface area contributed by atoms with Crippen LogP contribution in [-0.4, -0.2) is 36.6 Å². The van der Waals surface area contributed by atoms with E-state index in [9.17, 15) is 0 Å². The van der Waals surface area contributed by atoms with Crippen molar-refractivity contribution in [1.82, 2.24) is 10.2 Å². The summed E-state index contributed by atoms with van der Waals surface area (Å²) in [5.41, 5.74) is 0. The Bertz CT molecular complexity index is 241. The van der Waals surface area contributed by atoms with Gasteiger partial charge in [-0.05, 0) is 57.5 Å². The molecule has 0 amide bonds. The fourth-order valence-electron chi connectivity index (χ4n) is 3.82. The van der Waals surface area contributed by atoms with Crippen molar-refractivity contribution in [2.45, 2.75) is 71.4 Å². The van der Waals surface area contributed by atoms with Gasteiger partial charge >= 0.3 is 0 Å². The molecule has 18 heavy (non-hydrogen) atoms. The van der Waals surface area contributed by atoms with Gasteiger partial charge in [0, 0.05) is 18.6 Å². The monoisotopic (exact) mass is 252 g/mol. The molecular weight excluding hydrogens is 220 g/mol. The maximum absolute atomic E-state index is 3.70. The van der Waals surface area contributed by atoms with Crippen molar-refractivity contribution in [3.8, 4) is 0 Å². The third-order valence-electron chi connectivity index (χ3n) is 5.20. The largest absolute Gasteiger partial charge is 0.314 e. The first kappa shape index (κ1) is 14.3. The Kier molecular flexibility index (Phi) is 5.50. The number of hydrogen-bond donors (Lipinski definition) is 1. The lowest BCUT2D eigenvalue weighted by Crippen LogP contribution is -2.49. The highest BCUT2D eigenvalue weighted by Crippen LogP contribution is 2.33. The molecule has 1 aliphatic carbocycles. The van der Waals surface area contributed by atoms with Crippen molar-refractivity contribution >= 4 is 0 Å². The normalized spacial score (nSPS) is 38.2. The van der Waals surface area contributed by atoms with E-state index in [1.807, 2.05) is 0 Å². The average Bonchev–Trinajstić information content (AvgIpc) is 2.75. The molecule has 0 aromatic carbocycles. The van der Waals surface area contributed by atoms with Crippen LogP contribution in [-0.2, 0) is 0 Å². The molecule has 2 nitrogen and oxygen atoms in total. The van der Waals surface area contributed by atoms with Crippen molar-refractivity contribution in [2.75, 3.05) is 19.6 Å². The van der Waals surface area contributed by atoms with Gasteiger partial charge in [0.2, 0.25) is 0 Å². The first-order valence-electron chi connectivity index (χ1n) is 8.18. The third-order valence-corrected chi connectivity index (χ3v) is 5.20. The standard InChI is InChI=1S/C16H32N2/c1-4-9-17-16-8-10-18(14(3)11-16)12-15-7-5-6-13(15)2/h13-17H,4-12H2,1-3H3. The SMILES string of the molecule is CCCNC1CCN(CC2CCCC2C)C(C)C1. The molecule has 1 N–H and O–H groups in total. The summed E-state index contributed by atoms with van der Waals surface area (Å²) in [6.45, 7) is 11.0. The molecule has 106 valence electrons. The molecule has 2 rings (SSSR count). The van der Waals surface area contributed by atoms with Crippen LogP contribution in [0.5, 0.6) is 0 Å². The molecular formula is C16H32N2. The van der Waals surface area contributed by atoms with Crippen molar-refractivity contribution in [3.63, 3.8) is 0 Å². The van der Waals surface area contributed by atoms with Crippen LogP contribution in [0.3, 0.4) is 0 Å². The predicted octanol–water partition coefficient (Wildman–Crippen LogP) is 3.28. The summed E-state index contributed by atoms with van der Waals surface area (Å²) in [6, 6.07) is 1.55. The van der Waals surface area contributed by atoms with E-state index in [4.69, 9.17) is 0 Å². The second-order valence-electron chi connectivity index (χ2n) is 6.69. The van der Waals surface area contributed by atoms with Crippen molar-refractivity contribution in [1.29, 1.82) is 0 Å². The van der Waals surface area contributed by atoms with Gasteiger partial charge in [0.05, 0.1) is 0 Å². The highest BCUT2D eigenvalue weighted by atomic mass is 15.2. The maximum atomic E-state index is 3.70. The first-order chi connectivity index (χ1) is 8.70. The van der Waals surface area contributed by atoms with Crippen molar-refractivity contribution < 1.29 is 0 Å². The quantitative estimate of drug-likeness (QED) is 0.808. The minimum Gasteiger partial charge on any atom is -0.314 e. The molecule has 1 saturated carbocycles. The molecule has 0 spiro atoms. The van der Waals surface area contributed by atoms with E-state index >= 15 is 0 Å². The second-order valence-corrected chi connectivity index (χ2v) is 6.69. The highest BCUT2D eigenvalue weighted by Gasteiger charge is 2.30. The second kappa shape index (κ2) is 6.91. The molecule has 2 fully saturated rings. The van der Waals surface area contributed by atoms with Crippen LogP contribution in [0.1, 0.15) is 59.3 Å². The maximum Gasteiger partial charge on any atom is 0.00940 e. The molecule has 2 heteroatoms. The summed E-state index contributed by atoms with van der Waals surface area (Å²) in [7, 11) is 0. The molecule has 0 aromatic heterocycles. The smallest absolute Gasteiger partial charge is 0.00940 e. The molecule has 0 aromatic rings. The minimum atomic E-state index is 0.775. The molecule has 1 saturated heterocycles. The third kappa shape index (κ3) is 3.71. The van der Waals surface area contributed by atoms with Gasteiger partial charge in [0.25, 0.3) is 0 Å². The van der Waals surface area contributed by atoms with Gasteiger partial charge in [-0.1, -0.05) is 26.7 Å². The Morgan fingerprint density at radius 1 is 1.17 bits per heavy atom. The van der Waals surface area contributed by atoms with Crippen LogP contribution in [0.2, 0.25) is 0 Å². The van der Waals surface area contributed by atoms with Crippen molar-refractivity contribution in [2.24, 2.45) is 11.8 Å². The number of nitrogens with one attached hydrogen (secondary N) is 1. The summed E-state index contributed by atoms with van der Waals surface area (Å²) in [4.78, 5) is 2.76. The van der Waals surface area contributed by atoms with Crippen LogP contribution in [0.4, 0.5) is 0 Å². The van der Waals surface area contributed by atoms with E-state index in [1.54, 1.807) is 0 Å². The predicted molar refractivity (Wildman–Crippen MR) is 78.9 cm³/mol. The topological polar surface area (TPSA) is 15.3 Å². The van der Waals surface area contributed by atoms with Gasteiger partial charge in [0.1, 0.15) is 0 Å². The molecule has 1 aliphatic heterocycles. The summed E-state index contributed by atoms with van der Waals surface area (Å²) in [5, 5.41) is 3.70. The van der Waals surface area contributed by atoms with Crippen LogP contribution < -0.4 is 5.32 Å². The zero-order valence-corrected chi connectivity index (χ0v) is 12.6. The van der Waals surface area contributed by atoms with E-state index < -0.39 is 0 Å². The lowest BCUT2D eigenvalue weighted by molar-refractivity contribution is 0.108. The zero-order valence-electron chi connectivity index (χ0n) is 12.6. The van der Waals surface area contributed by atoms with Crippen LogP contribution in [0.25, 0.3) is 0 Å². The van der Waals surface area contributed by atoms with Gasteiger partial charge in [-0.3, -0.25) is 0 Å². The lowest BCUT2D eigenvalue weighted by Gasteiger charge is -2.40. The fraction of sp³-hybridized carbons (Fsp3) is 1.00. The van der Waals surface area contributed by atoms with E-state index in [2.05, 4.69) is 31.0 Å². The van der Waals surface area contributed by atoms with E-state index in [-0.39, 0.29) is 0 Å². The molecule has 4 unspecified atom stereocenters. The molecule has 2 aliphatic rings. The number of likely N-dealkylation sites (tertiary alicyclic amines) is 1. The van der Waals surface area contributed by atoms with Gasteiger partial charge in [-0.2, -0.15) is 0 Å². The Morgan fingerprint density at radius 3 is 2.61 bits per heavy atom. The molecule has 0 radical (unpaired) electrons. The number of hydrogen-bond acceptors (Lipinski definition) is 2. The van der Waals surface area contributed by atoms with Gasteiger partial charge in [-0.25, -0.2) is 0 Å². The van der Waals surface area contributed by atoms with Gasteiger partial charge < -0.3 is 10.2 Å². The van der Waals surface area contributed by atoms with Gasteiger partial charge in [-0.15, -0.1) is 0 Å². The summed E-state index contributed by atoms with van der Waals surface area (Å²) >= 11 is 0. The Morgan fingerprint density at radius 2 is 2.00 bits per heavy atom. The molecule has 1 heterocycles. The number of rotatable bonds is 5. The fourth-order valence-corrected chi connectivity index (χ4v) is 3.82. The minimum absolute atomic E-state index is 0.775. The number of nitrogens with zero attached hydrogens (tertiary/aromatic N) is 1. The average molecular weight is 252 g/mol. The molecule has 4 atom stereocenters. The summed E-state index contributed by atoms with van der Waals surface area (Å²) in [6.07, 6.45) is 8.37. The van der Waals surface area contributed by atoms with Crippen LogP contribution >= 0.6 is 0 Å². The van der Waals surface area contributed by atoms with Crippen LogP contribution in [0.15, 0.2) is 0 Å². The van der Waals surface area contributed by atoms with E-state index in [0.717, 1.165) is 23.9 Å². The van der Waals surface area contributed by atoms with Gasteiger partial charge in [0.15, 0.2) is 0 Å². The Hall–Kier alpha value is -0.0800. The van der Waals surface area contributed by atoms with Crippen molar-refractivity contribution in [3.05, 3.63) is 0 Å². The zero-order chi connectivity index (χ0) is 13.0. The first-order valence-corrected chi connectivity index (χ1v) is 8.18. The van der Waals surface area contributed by atoms with Crippen LogP contribution in [0, 0.1) is 11.8 Å². The summed E-state index contributed by atoms with van der Waals surface area (Å²) < 4.78 is 0. The number of piperidine rings is 1. The Balaban J connectivity index is 1.75. The van der Waals surface area contributed by atoms with E-state index in [0.29, 0.717) is 0 Å². The lowest BCUT2D eigenvalue weighted by atomic mass is 9.93. The molecule has 0 bridgehead atoms.